The molecule has 0 fully saturated rings. The van der Waals surface area contributed by atoms with Crippen molar-refractivity contribution in [3.8, 4) is 0 Å². The molecule has 0 saturated heterocycles. The van der Waals surface area contributed by atoms with E-state index in [-0.39, 0.29) is 5.56 Å². The number of halogens is 1. The van der Waals surface area contributed by atoms with Crippen LogP contribution in [0.5, 0.6) is 0 Å². The second-order valence-corrected chi connectivity index (χ2v) is 7.72. The van der Waals surface area contributed by atoms with Gasteiger partial charge < -0.3 is 4.57 Å². The number of aryl methyl sites for hydroxylation is 1. The smallest absolute Gasteiger partial charge is 0.314 e. The number of rotatable bonds is 4. The molecule has 0 spiro atoms. The van der Waals surface area contributed by atoms with Gasteiger partial charge in [-0.25, -0.2) is 9.78 Å². The Hall–Kier alpha value is -3.19. The molecule has 6 nitrogen and oxygen atoms in total. The Labute approximate surface area is 175 Å². The van der Waals surface area contributed by atoms with Crippen molar-refractivity contribution in [3.05, 3.63) is 96.9 Å². The normalized spacial score (nSPS) is 11.6. The fourth-order valence-corrected chi connectivity index (χ4v) is 3.75. The minimum absolute atomic E-state index is 0.357. The zero-order valence-electron chi connectivity index (χ0n) is 16.0. The van der Waals surface area contributed by atoms with Gasteiger partial charge >= 0.3 is 5.69 Å². The fraction of sp³-hybridized carbons (Fsp3) is 0.136. The molecule has 0 aliphatic carbocycles. The Morgan fingerprint density at radius 2 is 1.72 bits per heavy atom. The van der Waals surface area contributed by atoms with Crippen LogP contribution in [0.4, 0.5) is 0 Å². The highest BCUT2D eigenvalue weighted by molar-refractivity contribution is 9.10. The summed E-state index contributed by atoms with van der Waals surface area (Å²) in [7, 11) is 3.12. The first kappa shape index (κ1) is 19.1. The number of fused-ring (bicyclic) bond motifs is 1. The van der Waals surface area contributed by atoms with Gasteiger partial charge in [-0.15, -0.1) is 0 Å². The predicted molar refractivity (Wildman–Crippen MR) is 119 cm³/mol. The quantitative estimate of drug-likeness (QED) is 0.478. The van der Waals surface area contributed by atoms with Gasteiger partial charge in [0.05, 0.1) is 0 Å². The molecule has 0 N–H and O–H groups in total. The molecule has 0 aliphatic rings. The van der Waals surface area contributed by atoms with E-state index in [9.17, 15) is 9.59 Å². The molecule has 2 heterocycles. The number of hydrogen-bond acceptors (Lipinski definition) is 3. The van der Waals surface area contributed by atoms with Crippen molar-refractivity contribution in [1.29, 1.82) is 0 Å². The molecule has 2 aromatic carbocycles. The summed E-state index contributed by atoms with van der Waals surface area (Å²) in [5.74, 6) is 0.613. The van der Waals surface area contributed by atoms with Crippen molar-refractivity contribution >= 4 is 39.2 Å². The SMILES string of the molecule is Cn1c(=O)c2c(nc(C=Cc3ccccc3)n2Cc2cccc(Br)c2)n(C)c1=O. The third-order valence-corrected chi connectivity index (χ3v) is 5.32. The molecule has 0 unspecified atom stereocenters. The molecule has 0 aliphatic heterocycles. The van der Waals surface area contributed by atoms with E-state index in [1.807, 2.05) is 71.3 Å². The van der Waals surface area contributed by atoms with Gasteiger partial charge in [-0.2, -0.15) is 0 Å². The minimum atomic E-state index is -0.395. The Balaban J connectivity index is 1.95. The van der Waals surface area contributed by atoms with E-state index in [2.05, 4.69) is 20.9 Å². The second kappa shape index (κ2) is 7.67. The average molecular weight is 451 g/mol. The van der Waals surface area contributed by atoms with E-state index >= 15 is 0 Å². The Morgan fingerprint density at radius 3 is 2.45 bits per heavy atom. The summed E-state index contributed by atoms with van der Waals surface area (Å²) in [5.41, 5.74) is 2.07. The van der Waals surface area contributed by atoms with Crippen molar-refractivity contribution in [1.82, 2.24) is 18.7 Å². The Morgan fingerprint density at radius 1 is 0.966 bits per heavy atom. The van der Waals surface area contributed by atoms with E-state index in [0.717, 1.165) is 20.2 Å². The lowest BCUT2D eigenvalue weighted by molar-refractivity contribution is 0.702. The molecule has 0 atom stereocenters. The molecule has 29 heavy (non-hydrogen) atoms. The van der Waals surface area contributed by atoms with Gasteiger partial charge in [0, 0.05) is 25.1 Å². The lowest BCUT2D eigenvalue weighted by Crippen LogP contribution is -2.37. The van der Waals surface area contributed by atoms with Gasteiger partial charge in [0.15, 0.2) is 11.2 Å². The maximum Gasteiger partial charge on any atom is 0.332 e. The van der Waals surface area contributed by atoms with Crippen LogP contribution < -0.4 is 11.2 Å². The summed E-state index contributed by atoms with van der Waals surface area (Å²) in [6.07, 6.45) is 3.82. The van der Waals surface area contributed by atoms with Crippen LogP contribution in [0.15, 0.2) is 68.7 Å². The highest BCUT2D eigenvalue weighted by Crippen LogP contribution is 2.18. The monoisotopic (exact) mass is 450 g/mol. The lowest BCUT2D eigenvalue weighted by atomic mass is 10.2. The van der Waals surface area contributed by atoms with E-state index in [1.54, 1.807) is 7.05 Å². The second-order valence-electron chi connectivity index (χ2n) is 6.81. The topological polar surface area (TPSA) is 61.8 Å². The Bertz CT molecular complexity index is 1350. The number of aromatic nitrogens is 4. The van der Waals surface area contributed by atoms with Crippen LogP contribution in [0.25, 0.3) is 23.3 Å². The average Bonchev–Trinajstić information content (AvgIpc) is 3.08. The summed E-state index contributed by atoms with van der Waals surface area (Å²) in [4.78, 5) is 29.9. The number of nitrogens with zero attached hydrogens (tertiary/aromatic N) is 4. The molecule has 4 aromatic rings. The van der Waals surface area contributed by atoms with Crippen LogP contribution >= 0.6 is 15.9 Å². The van der Waals surface area contributed by atoms with E-state index in [0.29, 0.717) is 23.5 Å². The largest absolute Gasteiger partial charge is 0.332 e. The number of hydrogen-bond donors (Lipinski definition) is 0. The summed E-state index contributed by atoms with van der Waals surface area (Å²) in [6.45, 7) is 0.456. The van der Waals surface area contributed by atoms with Gasteiger partial charge in [0.1, 0.15) is 5.82 Å². The maximum atomic E-state index is 12.9. The predicted octanol–water partition coefficient (Wildman–Crippen LogP) is 3.41. The molecule has 2 aromatic heterocycles. The first-order valence-corrected chi connectivity index (χ1v) is 9.89. The first-order chi connectivity index (χ1) is 14.0. The number of imidazole rings is 1. The van der Waals surface area contributed by atoms with Gasteiger partial charge in [0.25, 0.3) is 5.56 Å². The molecule has 0 bridgehead atoms. The molecule has 4 rings (SSSR count). The van der Waals surface area contributed by atoms with E-state index in [1.165, 1.54) is 11.6 Å². The molecule has 146 valence electrons. The van der Waals surface area contributed by atoms with Gasteiger partial charge in [-0.1, -0.05) is 64.5 Å². The van der Waals surface area contributed by atoms with Gasteiger partial charge in [-0.05, 0) is 29.3 Å². The molecular weight excluding hydrogens is 432 g/mol. The molecule has 0 radical (unpaired) electrons. The maximum absolute atomic E-state index is 12.9. The summed E-state index contributed by atoms with van der Waals surface area (Å²) < 4.78 is 5.35. The zero-order valence-corrected chi connectivity index (χ0v) is 17.6. The standard InChI is InChI=1S/C22H19BrN4O2/c1-25-20-19(21(28)26(2)22(25)29)27(14-16-9-6-10-17(23)13-16)18(24-20)12-11-15-7-4-3-5-8-15/h3-13H,14H2,1-2H3. The minimum Gasteiger partial charge on any atom is -0.314 e. The van der Waals surface area contributed by atoms with E-state index < -0.39 is 5.69 Å². The van der Waals surface area contributed by atoms with Crippen LogP contribution in [0.3, 0.4) is 0 Å². The van der Waals surface area contributed by atoms with Crippen LogP contribution in [0.1, 0.15) is 17.0 Å². The van der Waals surface area contributed by atoms with E-state index in [4.69, 9.17) is 0 Å². The first-order valence-electron chi connectivity index (χ1n) is 9.09. The molecule has 0 saturated carbocycles. The lowest BCUT2D eigenvalue weighted by Gasteiger charge is -2.09. The van der Waals surface area contributed by atoms with Crippen molar-refractivity contribution < 1.29 is 0 Å². The zero-order chi connectivity index (χ0) is 20.5. The highest BCUT2D eigenvalue weighted by atomic mass is 79.9. The summed E-state index contributed by atoms with van der Waals surface area (Å²) in [5, 5.41) is 0. The number of benzene rings is 2. The fourth-order valence-electron chi connectivity index (χ4n) is 3.30. The molecular formula is C22H19BrN4O2. The molecule has 0 amide bonds. The third kappa shape index (κ3) is 3.61. The third-order valence-electron chi connectivity index (χ3n) is 4.83. The molecule has 7 heteroatoms. The summed E-state index contributed by atoms with van der Waals surface area (Å²) in [6, 6.07) is 17.8. The van der Waals surface area contributed by atoms with Crippen LogP contribution in [-0.2, 0) is 20.6 Å². The van der Waals surface area contributed by atoms with Crippen molar-refractivity contribution in [2.45, 2.75) is 6.54 Å². The van der Waals surface area contributed by atoms with Crippen molar-refractivity contribution in [3.63, 3.8) is 0 Å². The van der Waals surface area contributed by atoms with Gasteiger partial charge in [0.2, 0.25) is 0 Å². The van der Waals surface area contributed by atoms with Crippen LogP contribution in [0, 0.1) is 0 Å². The summed E-state index contributed by atoms with van der Waals surface area (Å²) >= 11 is 3.49. The van der Waals surface area contributed by atoms with Crippen LogP contribution in [-0.4, -0.2) is 18.7 Å². The highest BCUT2D eigenvalue weighted by Gasteiger charge is 2.18. The van der Waals surface area contributed by atoms with Gasteiger partial charge in [-0.3, -0.25) is 13.9 Å². The van der Waals surface area contributed by atoms with Crippen molar-refractivity contribution in [2.75, 3.05) is 0 Å². The van der Waals surface area contributed by atoms with Crippen LogP contribution in [0.2, 0.25) is 0 Å². The van der Waals surface area contributed by atoms with Crippen molar-refractivity contribution in [2.24, 2.45) is 14.1 Å². The Kier molecular flexibility index (Phi) is 5.07.